The summed E-state index contributed by atoms with van der Waals surface area (Å²) in [7, 11) is 0. The standard InChI is InChI=1S/C49H73N9O15/c1-9-26(6)39(48(71)51-27(7)41(64)55-36(23-59)46(69)58-40(28(8)60)49(72)73)57-47(70)38(25(4)5)56-45(68)35(22-37(62)63)54-44(67)34(21-30-15-17-31(61)18-16-30)53-43(66)33(19-24(2)3)52-42(65)32(50)20-29-13-11-10-12-14-29/h10-18,24-28,32-36,38-40,59-61H,9,19-23,50H2,1-8H3,(H,51,71)(H,52,65)(H,53,66)(H,54,67)(H,55,64)(H,56,68)(H,57,70)(H,58,69)(H,62,63)(H,72,73)/t26-,27-,28+,32-,33-,34-,35-,36-,38-,39-,40-/m0/s1. The number of phenolic OH excluding ortho intramolecular Hbond substituents is 1. The van der Waals surface area contributed by atoms with Crippen LogP contribution >= 0.6 is 0 Å². The number of hydrogen-bond donors (Lipinski definition) is 14. The third kappa shape index (κ3) is 20.8. The lowest BCUT2D eigenvalue weighted by Crippen LogP contribution is -2.62. The highest BCUT2D eigenvalue weighted by molar-refractivity contribution is 5.99. The first-order chi connectivity index (χ1) is 34.2. The number of carbonyl (C=O) groups excluding carboxylic acids is 8. The first kappa shape index (κ1) is 61.9. The van der Waals surface area contributed by atoms with Gasteiger partial charge in [-0.3, -0.25) is 43.2 Å². The van der Waals surface area contributed by atoms with E-state index in [2.05, 4.69) is 37.2 Å². The van der Waals surface area contributed by atoms with E-state index in [1.165, 1.54) is 45.0 Å². The van der Waals surface area contributed by atoms with Crippen LogP contribution in [0.3, 0.4) is 0 Å². The van der Waals surface area contributed by atoms with E-state index in [9.17, 15) is 73.5 Å². The number of aliphatic hydroxyl groups excluding tert-OH is 2. The number of nitrogens with two attached hydrogens (primary N) is 1. The van der Waals surface area contributed by atoms with E-state index in [-0.39, 0.29) is 30.9 Å². The second kappa shape index (κ2) is 30.0. The Morgan fingerprint density at radius 1 is 0.534 bits per heavy atom. The summed E-state index contributed by atoms with van der Waals surface area (Å²) in [4.78, 5) is 132. The van der Waals surface area contributed by atoms with Crippen LogP contribution in [0, 0.1) is 17.8 Å². The molecule has 2 aromatic rings. The number of amides is 8. The van der Waals surface area contributed by atoms with Crippen LogP contribution < -0.4 is 48.3 Å². The zero-order valence-electron chi connectivity index (χ0n) is 42.3. The molecule has 0 saturated heterocycles. The van der Waals surface area contributed by atoms with E-state index in [0.717, 1.165) is 12.5 Å². The highest BCUT2D eigenvalue weighted by Gasteiger charge is 2.37. The molecule has 0 unspecified atom stereocenters. The average molecular weight is 1030 g/mol. The highest BCUT2D eigenvalue weighted by Crippen LogP contribution is 2.15. The molecule has 0 radical (unpaired) electrons. The predicted octanol–water partition coefficient (Wildman–Crippen LogP) is -1.92. The zero-order chi connectivity index (χ0) is 55.3. The molecule has 73 heavy (non-hydrogen) atoms. The van der Waals surface area contributed by atoms with Gasteiger partial charge in [-0.15, -0.1) is 0 Å². The number of carboxylic acid groups (broad SMARTS) is 2. The van der Waals surface area contributed by atoms with Crippen molar-refractivity contribution < 1.29 is 73.5 Å². The van der Waals surface area contributed by atoms with Gasteiger partial charge in [-0.2, -0.15) is 0 Å². The van der Waals surface area contributed by atoms with Crippen molar-refractivity contribution in [3.8, 4) is 5.75 Å². The molecule has 0 aliphatic carbocycles. The van der Waals surface area contributed by atoms with Gasteiger partial charge in [0.15, 0.2) is 6.04 Å². The van der Waals surface area contributed by atoms with Gasteiger partial charge >= 0.3 is 11.9 Å². The van der Waals surface area contributed by atoms with Crippen molar-refractivity contribution in [2.24, 2.45) is 23.5 Å². The molecule has 404 valence electrons. The smallest absolute Gasteiger partial charge is 0.328 e. The first-order valence-corrected chi connectivity index (χ1v) is 23.9. The van der Waals surface area contributed by atoms with Crippen molar-refractivity contribution in [1.29, 1.82) is 0 Å². The molecule has 0 spiro atoms. The quantitative estimate of drug-likeness (QED) is 0.0406. The number of rotatable bonds is 30. The van der Waals surface area contributed by atoms with Crippen molar-refractivity contribution in [3.63, 3.8) is 0 Å². The minimum absolute atomic E-state index is 0.0966. The van der Waals surface area contributed by atoms with Crippen LogP contribution in [-0.2, 0) is 60.8 Å². The van der Waals surface area contributed by atoms with Gasteiger partial charge in [-0.05, 0) is 67.7 Å². The molecule has 0 saturated carbocycles. The lowest BCUT2D eigenvalue weighted by molar-refractivity contribution is -0.145. The largest absolute Gasteiger partial charge is 0.508 e. The Hall–Kier alpha value is -7.18. The van der Waals surface area contributed by atoms with E-state index < -0.39 is 145 Å². The molecule has 0 fully saturated rings. The summed E-state index contributed by atoms with van der Waals surface area (Å²) in [5, 5.41) is 67.8. The highest BCUT2D eigenvalue weighted by atomic mass is 16.4. The summed E-state index contributed by atoms with van der Waals surface area (Å²) in [5.74, 6) is -12.2. The van der Waals surface area contributed by atoms with Gasteiger partial charge in [0.2, 0.25) is 47.3 Å². The summed E-state index contributed by atoms with van der Waals surface area (Å²) in [6.07, 6.45) is -2.17. The second-order valence-corrected chi connectivity index (χ2v) is 18.7. The van der Waals surface area contributed by atoms with Crippen LogP contribution in [-0.4, -0.2) is 152 Å². The van der Waals surface area contributed by atoms with E-state index in [4.69, 9.17) is 5.73 Å². The van der Waals surface area contributed by atoms with Gasteiger partial charge in [0.1, 0.15) is 48.0 Å². The van der Waals surface area contributed by atoms with E-state index >= 15 is 0 Å². The van der Waals surface area contributed by atoms with Crippen LogP contribution in [0.15, 0.2) is 54.6 Å². The van der Waals surface area contributed by atoms with Crippen molar-refractivity contribution in [2.75, 3.05) is 6.61 Å². The Morgan fingerprint density at radius 2 is 1.01 bits per heavy atom. The number of benzene rings is 2. The SMILES string of the molecule is CC[C@H](C)[C@H](NC(=O)[C@@H](NC(=O)[C@H](CC(=O)O)NC(=O)[C@H](Cc1ccc(O)cc1)NC(=O)[C@H](CC(C)C)NC(=O)[C@@H](N)Cc1ccccc1)C(C)C)C(=O)N[C@@H](C)C(=O)N[C@@H](CO)C(=O)N[C@H](C(=O)O)[C@@H](C)O. The summed E-state index contributed by atoms with van der Waals surface area (Å²) in [5.41, 5.74) is 7.43. The Morgan fingerprint density at radius 3 is 1.53 bits per heavy atom. The van der Waals surface area contributed by atoms with E-state index in [1.807, 2.05) is 25.2 Å². The van der Waals surface area contributed by atoms with E-state index in [1.54, 1.807) is 38.1 Å². The topological polar surface area (TPSA) is 394 Å². The van der Waals surface area contributed by atoms with Crippen LogP contribution in [0.5, 0.6) is 5.75 Å². The van der Waals surface area contributed by atoms with Gasteiger partial charge in [0.05, 0.1) is 25.2 Å². The van der Waals surface area contributed by atoms with Gasteiger partial charge in [-0.25, -0.2) is 4.79 Å². The van der Waals surface area contributed by atoms with Crippen LogP contribution in [0.25, 0.3) is 0 Å². The minimum atomic E-state index is -1.85. The molecule has 15 N–H and O–H groups in total. The van der Waals surface area contributed by atoms with Crippen molar-refractivity contribution in [1.82, 2.24) is 42.5 Å². The first-order valence-electron chi connectivity index (χ1n) is 23.9. The Bertz CT molecular complexity index is 2210. The van der Waals surface area contributed by atoms with Crippen LogP contribution in [0.2, 0.25) is 0 Å². The molecule has 24 nitrogen and oxygen atoms in total. The molecule has 0 bridgehead atoms. The van der Waals surface area contributed by atoms with Gasteiger partial charge in [0.25, 0.3) is 0 Å². The lowest BCUT2D eigenvalue weighted by Gasteiger charge is -2.30. The predicted molar refractivity (Wildman–Crippen MR) is 263 cm³/mol. The maximum absolute atomic E-state index is 14.2. The molecule has 0 aromatic heterocycles. The molecule has 11 atom stereocenters. The number of nitrogens with one attached hydrogen (secondary N) is 8. The zero-order valence-corrected chi connectivity index (χ0v) is 42.3. The number of carbonyl (C=O) groups is 10. The van der Waals surface area contributed by atoms with Gasteiger partial charge in [-0.1, -0.05) is 90.4 Å². The number of aliphatic hydroxyl groups is 2. The third-order valence-electron chi connectivity index (χ3n) is 11.7. The molecule has 24 heteroatoms. The fourth-order valence-electron chi connectivity index (χ4n) is 7.18. The summed E-state index contributed by atoms with van der Waals surface area (Å²) in [6.45, 7) is 11.4. The van der Waals surface area contributed by atoms with Crippen LogP contribution in [0.1, 0.15) is 85.8 Å². The monoisotopic (exact) mass is 1030 g/mol. The Labute approximate surface area is 423 Å². The fourth-order valence-corrected chi connectivity index (χ4v) is 7.18. The molecule has 2 rings (SSSR count). The minimum Gasteiger partial charge on any atom is -0.508 e. The maximum Gasteiger partial charge on any atom is 0.328 e. The molecular weight excluding hydrogens is 955 g/mol. The Kier molecular flexibility index (Phi) is 25.4. The maximum atomic E-state index is 14.2. The van der Waals surface area contributed by atoms with Crippen molar-refractivity contribution >= 4 is 59.2 Å². The summed E-state index contributed by atoms with van der Waals surface area (Å²) < 4.78 is 0. The van der Waals surface area contributed by atoms with E-state index in [0.29, 0.717) is 12.0 Å². The molecule has 0 aliphatic rings. The molecule has 0 heterocycles. The number of aromatic hydroxyl groups is 1. The average Bonchev–Trinajstić information content (AvgIpc) is 3.32. The number of phenols is 1. The normalized spacial score (nSPS) is 15.7. The molecule has 8 amide bonds. The fraction of sp³-hybridized carbons (Fsp3) is 0.551. The molecular formula is C49H73N9O15. The third-order valence-corrected chi connectivity index (χ3v) is 11.7. The van der Waals surface area contributed by atoms with Crippen molar-refractivity contribution in [3.05, 3.63) is 65.7 Å². The number of carboxylic acids is 2. The van der Waals surface area contributed by atoms with Gasteiger partial charge < -0.3 is 73.8 Å². The van der Waals surface area contributed by atoms with Crippen LogP contribution in [0.4, 0.5) is 0 Å². The molecule has 0 aliphatic heterocycles. The lowest BCUT2D eigenvalue weighted by atomic mass is 9.96. The summed E-state index contributed by atoms with van der Waals surface area (Å²) in [6, 6.07) is 1.35. The number of hydrogen-bond acceptors (Lipinski definition) is 14. The van der Waals surface area contributed by atoms with Crippen molar-refractivity contribution in [2.45, 2.75) is 148 Å². The second-order valence-electron chi connectivity index (χ2n) is 18.7. The number of aliphatic carboxylic acids is 2. The Balaban J connectivity index is 2.34. The summed E-state index contributed by atoms with van der Waals surface area (Å²) >= 11 is 0. The van der Waals surface area contributed by atoms with Gasteiger partial charge in [0, 0.05) is 6.42 Å². The molecule has 2 aromatic carbocycles.